The second kappa shape index (κ2) is 10.0. The van der Waals surface area contributed by atoms with Crippen LogP contribution in [0.25, 0.3) is 0 Å². The van der Waals surface area contributed by atoms with Crippen LogP contribution in [0, 0.1) is 35.5 Å². The Kier molecular flexibility index (Phi) is 8.66. The van der Waals surface area contributed by atoms with Crippen molar-refractivity contribution in [3.63, 3.8) is 0 Å². The fourth-order valence-electron chi connectivity index (χ4n) is 4.80. The molecular weight excluding hydrogens is 331 g/mol. The third-order valence-electron chi connectivity index (χ3n) is 6.51. The lowest BCUT2D eigenvalue weighted by molar-refractivity contribution is -0.00833. The molecule has 0 saturated heterocycles. The molecule has 2 rings (SSSR count). The van der Waals surface area contributed by atoms with E-state index in [4.69, 9.17) is 13.6 Å². The van der Waals surface area contributed by atoms with Crippen molar-refractivity contribution in [2.24, 2.45) is 35.5 Å². The highest BCUT2D eigenvalue weighted by atomic mass is 31.2. The van der Waals surface area contributed by atoms with Crippen molar-refractivity contribution in [2.45, 2.75) is 92.3 Å². The van der Waals surface area contributed by atoms with Crippen LogP contribution in [-0.2, 0) is 13.6 Å². The summed E-state index contributed by atoms with van der Waals surface area (Å²) in [7, 11) is 0.504. The minimum atomic E-state index is -1.25. The monoisotopic (exact) mass is 372 g/mol. The summed E-state index contributed by atoms with van der Waals surface area (Å²) in [6.07, 6.45) is 8.04. The van der Waals surface area contributed by atoms with E-state index in [1.54, 1.807) is 7.11 Å². The zero-order chi connectivity index (χ0) is 18.6. The van der Waals surface area contributed by atoms with Gasteiger partial charge in [-0.15, -0.1) is 0 Å². The predicted octanol–water partition coefficient (Wildman–Crippen LogP) is 6.81. The number of rotatable bonds is 7. The van der Waals surface area contributed by atoms with E-state index in [1.807, 2.05) is 0 Å². The molecule has 0 radical (unpaired) electrons. The van der Waals surface area contributed by atoms with Gasteiger partial charge in [-0.2, -0.15) is 0 Å². The summed E-state index contributed by atoms with van der Waals surface area (Å²) in [5, 5.41) is 0. The van der Waals surface area contributed by atoms with Crippen molar-refractivity contribution in [1.82, 2.24) is 0 Å². The van der Waals surface area contributed by atoms with Crippen molar-refractivity contribution in [2.75, 3.05) is 7.11 Å². The topological polar surface area (TPSA) is 27.7 Å². The molecule has 0 spiro atoms. The van der Waals surface area contributed by atoms with Crippen LogP contribution < -0.4 is 0 Å². The van der Waals surface area contributed by atoms with Crippen LogP contribution in [0.3, 0.4) is 0 Å². The molecule has 0 bridgehead atoms. The zero-order valence-electron chi connectivity index (χ0n) is 17.5. The molecule has 4 heteroatoms. The van der Waals surface area contributed by atoms with Crippen LogP contribution >= 0.6 is 8.60 Å². The molecule has 0 aromatic carbocycles. The fraction of sp³-hybridized carbons (Fsp3) is 1.00. The zero-order valence-corrected chi connectivity index (χ0v) is 18.4. The Labute approximate surface area is 157 Å². The van der Waals surface area contributed by atoms with Crippen LogP contribution in [-0.4, -0.2) is 19.3 Å². The van der Waals surface area contributed by atoms with Gasteiger partial charge >= 0.3 is 8.60 Å². The summed E-state index contributed by atoms with van der Waals surface area (Å²) in [5.41, 5.74) is 0. The van der Waals surface area contributed by atoms with Crippen LogP contribution in [0.15, 0.2) is 0 Å². The highest BCUT2D eigenvalue weighted by Crippen LogP contribution is 2.50. The van der Waals surface area contributed by atoms with Gasteiger partial charge in [-0.1, -0.05) is 54.4 Å². The second-order valence-corrected chi connectivity index (χ2v) is 10.6. The van der Waals surface area contributed by atoms with Gasteiger partial charge in [0.15, 0.2) is 0 Å². The lowest BCUT2D eigenvalue weighted by atomic mass is 9.75. The van der Waals surface area contributed by atoms with Crippen molar-refractivity contribution in [1.29, 1.82) is 0 Å². The van der Waals surface area contributed by atoms with E-state index in [-0.39, 0.29) is 12.2 Å². The first kappa shape index (κ1) is 21.6. The first-order chi connectivity index (χ1) is 11.8. The smallest absolute Gasteiger partial charge is 0.316 e. The molecule has 2 fully saturated rings. The summed E-state index contributed by atoms with van der Waals surface area (Å²) < 4.78 is 18.6. The molecule has 0 aliphatic heterocycles. The molecule has 2 aliphatic carbocycles. The summed E-state index contributed by atoms with van der Waals surface area (Å²) in [5.74, 6) is 4.06. The van der Waals surface area contributed by atoms with Crippen LogP contribution in [0.2, 0.25) is 0 Å². The van der Waals surface area contributed by atoms with Gasteiger partial charge in [0.1, 0.15) is 0 Å². The molecule has 0 aromatic rings. The number of hydrogen-bond acceptors (Lipinski definition) is 3. The Hall–Kier alpha value is 0.310. The van der Waals surface area contributed by atoms with Crippen molar-refractivity contribution in [3.05, 3.63) is 0 Å². The maximum absolute atomic E-state index is 6.47. The van der Waals surface area contributed by atoms with Crippen molar-refractivity contribution in [3.8, 4) is 0 Å². The first-order valence-corrected chi connectivity index (χ1v) is 11.6. The van der Waals surface area contributed by atoms with Crippen LogP contribution in [0.4, 0.5) is 0 Å². The van der Waals surface area contributed by atoms with E-state index in [9.17, 15) is 0 Å². The molecule has 0 heterocycles. The second-order valence-electron chi connectivity index (χ2n) is 9.35. The van der Waals surface area contributed by atoms with Gasteiger partial charge in [-0.3, -0.25) is 0 Å². The van der Waals surface area contributed by atoms with Gasteiger partial charge in [0.05, 0.1) is 12.2 Å². The number of hydrogen-bond donors (Lipinski definition) is 0. The highest BCUT2D eigenvalue weighted by Gasteiger charge is 2.37. The molecule has 3 nitrogen and oxygen atoms in total. The molecule has 0 aromatic heterocycles. The van der Waals surface area contributed by atoms with Gasteiger partial charge in [-0.25, -0.2) is 0 Å². The minimum absolute atomic E-state index is 0.285. The average Bonchev–Trinajstić information content (AvgIpc) is 2.53. The van der Waals surface area contributed by atoms with Crippen LogP contribution in [0.1, 0.15) is 80.1 Å². The fourth-order valence-corrected chi connectivity index (χ4v) is 5.95. The molecule has 0 amide bonds. The van der Waals surface area contributed by atoms with E-state index >= 15 is 0 Å². The quantitative estimate of drug-likeness (QED) is 0.459. The summed E-state index contributed by atoms with van der Waals surface area (Å²) in [6, 6.07) is 0. The van der Waals surface area contributed by atoms with Gasteiger partial charge in [0, 0.05) is 7.11 Å². The molecule has 6 unspecified atom stereocenters. The van der Waals surface area contributed by atoms with E-state index in [0.717, 1.165) is 24.7 Å². The van der Waals surface area contributed by atoms with Crippen LogP contribution in [0.5, 0.6) is 0 Å². The van der Waals surface area contributed by atoms with Crippen molar-refractivity contribution >= 4 is 8.60 Å². The van der Waals surface area contributed by atoms with Gasteiger partial charge in [0.25, 0.3) is 0 Å². The third kappa shape index (κ3) is 6.16. The molecule has 6 atom stereocenters. The molecule has 0 N–H and O–H groups in total. The molecule has 148 valence electrons. The third-order valence-corrected chi connectivity index (χ3v) is 7.70. The van der Waals surface area contributed by atoms with E-state index < -0.39 is 8.60 Å². The maximum atomic E-state index is 6.47. The van der Waals surface area contributed by atoms with E-state index in [2.05, 4.69) is 41.5 Å². The Morgan fingerprint density at radius 2 is 1.12 bits per heavy atom. The predicted molar refractivity (Wildman–Crippen MR) is 106 cm³/mol. The standard InChI is InChI=1S/C21H41O3P/c1-14(2)18-10-8-16(5)12-20(18)23-25(22-7)24-21-13-17(6)9-11-19(21)15(3)4/h14-21H,8-13H2,1-7H3. The normalized spacial score (nSPS) is 38.3. The molecule has 25 heavy (non-hydrogen) atoms. The van der Waals surface area contributed by atoms with E-state index in [0.29, 0.717) is 23.7 Å². The maximum Gasteiger partial charge on any atom is 0.332 e. The first-order valence-electron chi connectivity index (χ1n) is 10.5. The Morgan fingerprint density at radius 3 is 1.44 bits per heavy atom. The van der Waals surface area contributed by atoms with Crippen molar-refractivity contribution < 1.29 is 13.6 Å². The van der Waals surface area contributed by atoms with Gasteiger partial charge < -0.3 is 13.6 Å². The largest absolute Gasteiger partial charge is 0.332 e. The Bertz CT molecular complexity index is 353. The molecular formula is C21H41O3P. The summed E-state index contributed by atoms with van der Waals surface area (Å²) in [4.78, 5) is 0. The Balaban J connectivity index is 1.99. The summed E-state index contributed by atoms with van der Waals surface area (Å²) >= 11 is 0. The Morgan fingerprint density at radius 1 is 0.720 bits per heavy atom. The SMILES string of the molecule is COP(OC1CC(C)CCC1C(C)C)OC1CC(C)CCC1C(C)C. The molecule has 2 saturated carbocycles. The summed E-state index contributed by atoms with van der Waals surface area (Å²) in [6.45, 7) is 14.0. The van der Waals surface area contributed by atoms with Gasteiger partial charge in [-0.05, 0) is 61.2 Å². The lowest BCUT2D eigenvalue weighted by Gasteiger charge is -2.40. The van der Waals surface area contributed by atoms with Gasteiger partial charge in [0.2, 0.25) is 0 Å². The highest BCUT2D eigenvalue weighted by molar-refractivity contribution is 7.41. The average molecular weight is 373 g/mol. The minimum Gasteiger partial charge on any atom is -0.316 e. The van der Waals surface area contributed by atoms with E-state index in [1.165, 1.54) is 25.7 Å². The lowest BCUT2D eigenvalue weighted by Crippen LogP contribution is -2.35. The molecule has 2 aliphatic rings.